The summed E-state index contributed by atoms with van der Waals surface area (Å²) in [7, 11) is 0. The van der Waals surface area contributed by atoms with Gasteiger partial charge in [-0.25, -0.2) is 0 Å². The van der Waals surface area contributed by atoms with Gasteiger partial charge in [-0.3, -0.25) is 0 Å². The lowest BCUT2D eigenvalue weighted by molar-refractivity contribution is 1.10. The van der Waals surface area contributed by atoms with Crippen molar-refractivity contribution in [2.45, 2.75) is 5.92 Å². The minimum atomic E-state index is 0.169. The zero-order valence-electron chi connectivity index (χ0n) is 30.8. The van der Waals surface area contributed by atoms with Crippen molar-refractivity contribution < 1.29 is 0 Å². The molecule has 0 radical (unpaired) electrons. The highest BCUT2D eigenvalue weighted by molar-refractivity contribution is 6.11. The van der Waals surface area contributed by atoms with Gasteiger partial charge in [0.1, 0.15) is 0 Å². The van der Waals surface area contributed by atoms with Crippen LogP contribution in [0.1, 0.15) is 11.5 Å². The third-order valence-electron chi connectivity index (χ3n) is 11.5. The monoisotopic (exact) mass is 713 g/mol. The molecule has 2 heteroatoms. The van der Waals surface area contributed by atoms with E-state index in [-0.39, 0.29) is 5.92 Å². The van der Waals surface area contributed by atoms with Crippen molar-refractivity contribution in [1.82, 2.24) is 9.14 Å². The average Bonchev–Trinajstić information content (AvgIpc) is 3.79. The summed E-state index contributed by atoms with van der Waals surface area (Å²) in [5, 5.41) is 2.52. The minimum Gasteiger partial charge on any atom is -0.309 e. The summed E-state index contributed by atoms with van der Waals surface area (Å²) < 4.78 is 4.85. The second-order valence-electron chi connectivity index (χ2n) is 14.8. The highest BCUT2D eigenvalue weighted by Crippen LogP contribution is 2.44. The molecule has 1 aromatic heterocycles. The Morgan fingerprint density at radius 2 is 0.964 bits per heavy atom. The van der Waals surface area contributed by atoms with Crippen LogP contribution in [0, 0.1) is 0 Å². The normalized spacial score (nSPS) is 14.4. The second kappa shape index (κ2) is 13.2. The number of hydrogen-bond donors (Lipinski definition) is 0. The van der Waals surface area contributed by atoms with Crippen LogP contribution in [0.4, 0.5) is 11.4 Å². The van der Waals surface area contributed by atoms with Crippen LogP contribution in [0.2, 0.25) is 0 Å². The maximum absolute atomic E-state index is 2.47. The van der Waals surface area contributed by atoms with Gasteiger partial charge >= 0.3 is 0 Å². The van der Waals surface area contributed by atoms with Gasteiger partial charge in [-0.2, -0.15) is 4.58 Å². The average molecular weight is 714 g/mol. The molecule has 0 spiro atoms. The molecule has 2 heterocycles. The molecule has 1 atom stereocenters. The Morgan fingerprint density at radius 3 is 1.70 bits per heavy atom. The van der Waals surface area contributed by atoms with Crippen LogP contribution in [-0.4, -0.2) is 10.3 Å². The molecule has 56 heavy (non-hydrogen) atoms. The van der Waals surface area contributed by atoms with Crippen molar-refractivity contribution >= 4 is 38.9 Å². The fourth-order valence-corrected chi connectivity index (χ4v) is 8.84. The highest BCUT2D eigenvalue weighted by atomic mass is 15.1. The van der Waals surface area contributed by atoms with Crippen LogP contribution in [0.5, 0.6) is 0 Å². The number of para-hydroxylation sites is 2. The molecule has 1 aliphatic heterocycles. The maximum atomic E-state index is 2.47. The van der Waals surface area contributed by atoms with E-state index in [4.69, 9.17) is 0 Å². The molecule has 8 aromatic carbocycles. The van der Waals surface area contributed by atoms with E-state index >= 15 is 0 Å². The van der Waals surface area contributed by atoms with Crippen molar-refractivity contribution in [3.05, 3.63) is 224 Å². The van der Waals surface area contributed by atoms with E-state index < -0.39 is 0 Å². The first-order chi connectivity index (χ1) is 27.8. The summed E-state index contributed by atoms with van der Waals surface area (Å²) in [6.45, 7) is 0. The van der Waals surface area contributed by atoms with Gasteiger partial charge in [-0.05, 0) is 99.1 Å². The Bertz CT molecular complexity index is 3000. The van der Waals surface area contributed by atoms with Gasteiger partial charge in [0.25, 0.3) is 0 Å². The quantitative estimate of drug-likeness (QED) is 0.152. The van der Waals surface area contributed by atoms with Gasteiger partial charge in [0.15, 0.2) is 5.71 Å². The molecule has 9 aromatic rings. The summed E-state index contributed by atoms with van der Waals surface area (Å²) in [4.78, 5) is 0. The van der Waals surface area contributed by atoms with E-state index in [1.165, 1.54) is 94.7 Å². The summed E-state index contributed by atoms with van der Waals surface area (Å²) in [5.41, 5.74) is 18.3. The van der Waals surface area contributed by atoms with E-state index in [0.717, 1.165) is 0 Å². The summed E-state index contributed by atoms with van der Waals surface area (Å²) in [6.07, 6.45) is 8.99. The largest absolute Gasteiger partial charge is 0.309 e. The number of fused-ring (bicyclic) bond motifs is 6. The standard InChI is InChI=1S/C54H37N2/c1-4-15-37(16-5-1)43-32-44(38-17-6-2-7-18-38)34-46(33-43)56-52-26-13-11-24-48(52)50-36-42(28-30-54(50)56)40-20-14-19-39(31-40)41-27-29-53-49(35-41)47-23-10-12-25-51(47)55(53)45-21-8-3-9-22-45/h1-36,48H/q+1. The molecule has 2 nitrogen and oxygen atoms in total. The predicted molar refractivity (Wildman–Crippen MR) is 236 cm³/mol. The Morgan fingerprint density at radius 1 is 0.393 bits per heavy atom. The molecular weight excluding hydrogens is 677 g/mol. The Hall–Kier alpha value is -7.29. The van der Waals surface area contributed by atoms with Gasteiger partial charge in [-0.1, -0.05) is 140 Å². The zero-order valence-corrected chi connectivity index (χ0v) is 30.8. The molecule has 1 aliphatic carbocycles. The molecule has 11 rings (SSSR count). The Balaban J connectivity index is 1.00. The third-order valence-corrected chi connectivity index (χ3v) is 11.5. The second-order valence-corrected chi connectivity index (χ2v) is 14.8. The predicted octanol–water partition coefficient (Wildman–Crippen LogP) is 14.0. The first-order valence-corrected chi connectivity index (χ1v) is 19.4. The molecular formula is C54H37N2+. The molecule has 1 unspecified atom stereocenters. The lowest BCUT2D eigenvalue weighted by Crippen LogP contribution is -2.14. The molecule has 0 fully saturated rings. The fourth-order valence-electron chi connectivity index (χ4n) is 8.84. The molecule has 2 aliphatic rings. The van der Waals surface area contributed by atoms with Crippen LogP contribution in [-0.2, 0) is 0 Å². The first kappa shape index (κ1) is 32.2. The summed E-state index contributed by atoms with van der Waals surface area (Å²) >= 11 is 0. The lowest BCUT2D eigenvalue weighted by atomic mass is 9.90. The van der Waals surface area contributed by atoms with E-state index in [9.17, 15) is 0 Å². The smallest absolute Gasteiger partial charge is 0.215 e. The fraction of sp³-hybridized carbons (Fsp3) is 0.0185. The number of nitrogens with zero attached hydrogens (tertiary/aromatic N) is 2. The zero-order chi connectivity index (χ0) is 37.0. The molecule has 0 bridgehead atoms. The van der Waals surface area contributed by atoms with E-state index in [1.807, 2.05) is 0 Å². The number of aromatic nitrogens is 1. The van der Waals surface area contributed by atoms with Gasteiger partial charge < -0.3 is 4.57 Å². The molecule has 0 saturated carbocycles. The van der Waals surface area contributed by atoms with Crippen LogP contribution in [0.15, 0.2) is 218 Å². The number of benzene rings is 8. The molecule has 0 amide bonds. The van der Waals surface area contributed by atoms with Crippen molar-refractivity contribution in [2.24, 2.45) is 0 Å². The molecule has 262 valence electrons. The SMILES string of the molecule is C1=CC2=[N+](c3cc(-c4ccccc4)cc(-c4ccccc4)c3)c3ccc(-c4cccc(-c5ccc6c(c5)c5ccccc5n6-c5ccccc5)c4)cc3C2C=C1. The maximum Gasteiger partial charge on any atom is 0.215 e. The van der Waals surface area contributed by atoms with Crippen molar-refractivity contribution in [3.63, 3.8) is 0 Å². The van der Waals surface area contributed by atoms with Gasteiger partial charge in [-0.15, -0.1) is 0 Å². The van der Waals surface area contributed by atoms with Gasteiger partial charge in [0.05, 0.1) is 17.0 Å². The van der Waals surface area contributed by atoms with Gasteiger partial charge in [0, 0.05) is 46.3 Å². The number of rotatable bonds is 6. The topological polar surface area (TPSA) is 7.94 Å². The van der Waals surface area contributed by atoms with Crippen LogP contribution < -0.4 is 4.58 Å². The summed E-state index contributed by atoms with van der Waals surface area (Å²) in [6, 6.07) is 70.8. The Labute approximate surface area is 326 Å². The van der Waals surface area contributed by atoms with Crippen molar-refractivity contribution in [1.29, 1.82) is 0 Å². The van der Waals surface area contributed by atoms with Gasteiger partial charge in [0.2, 0.25) is 11.4 Å². The van der Waals surface area contributed by atoms with Crippen LogP contribution in [0.3, 0.4) is 0 Å². The number of hydrogen-bond acceptors (Lipinski definition) is 0. The van der Waals surface area contributed by atoms with Crippen LogP contribution >= 0.6 is 0 Å². The molecule has 0 N–H and O–H groups in total. The van der Waals surface area contributed by atoms with Crippen molar-refractivity contribution in [2.75, 3.05) is 0 Å². The summed E-state index contributed by atoms with van der Waals surface area (Å²) in [5.74, 6) is 0.169. The Kier molecular flexibility index (Phi) is 7.60. The van der Waals surface area contributed by atoms with Crippen molar-refractivity contribution in [3.8, 4) is 50.2 Å². The molecule has 0 saturated heterocycles. The van der Waals surface area contributed by atoms with Crippen LogP contribution in [0.25, 0.3) is 72.0 Å². The van der Waals surface area contributed by atoms with E-state index in [2.05, 4.69) is 228 Å². The van der Waals surface area contributed by atoms with E-state index in [0.29, 0.717) is 0 Å². The van der Waals surface area contributed by atoms with E-state index in [1.54, 1.807) is 0 Å². The lowest BCUT2D eigenvalue weighted by Gasteiger charge is -2.11. The highest BCUT2D eigenvalue weighted by Gasteiger charge is 2.39. The minimum absolute atomic E-state index is 0.169. The third kappa shape index (κ3) is 5.38. The first-order valence-electron chi connectivity index (χ1n) is 19.4. The number of allylic oxidation sites excluding steroid dienone is 4.